The van der Waals surface area contributed by atoms with Crippen LogP contribution in [0.5, 0.6) is 17.2 Å². The van der Waals surface area contributed by atoms with Crippen molar-refractivity contribution in [1.82, 2.24) is 15.1 Å². The molecule has 0 aliphatic rings. The molecule has 0 spiro atoms. The number of hydrogen-bond acceptors (Lipinski definition) is 5. The number of para-hydroxylation sites is 1. The molecule has 4 aromatic rings. The quantitative estimate of drug-likeness (QED) is 0.374. The summed E-state index contributed by atoms with van der Waals surface area (Å²) in [5.74, 6) is 1.61. The Bertz CT molecular complexity index is 1330. The molecule has 0 aliphatic carbocycles. The highest BCUT2D eigenvalue weighted by molar-refractivity contribution is 5.99. The molecule has 0 bridgehead atoms. The van der Waals surface area contributed by atoms with Gasteiger partial charge in [0.05, 0.1) is 33.1 Å². The summed E-state index contributed by atoms with van der Waals surface area (Å²) in [6.45, 7) is 3.94. The lowest BCUT2D eigenvalue weighted by Crippen LogP contribution is -2.28. The standard InChI is InChI=1S/C28H29N3O4/c1-18-11-13-24(33-3)22(15-18)19(2)29-28(32)27-23(17-31(30-27)21-9-7-6-8-10-21)20-12-14-25(34-4)26(16-20)35-5/h6-17,19H,1-5H3,(H,29,32). The van der Waals surface area contributed by atoms with E-state index in [-0.39, 0.29) is 11.9 Å². The van der Waals surface area contributed by atoms with E-state index in [1.807, 2.05) is 86.8 Å². The zero-order chi connectivity index (χ0) is 24.9. The summed E-state index contributed by atoms with van der Waals surface area (Å²) in [4.78, 5) is 13.5. The van der Waals surface area contributed by atoms with Crippen LogP contribution in [0.2, 0.25) is 0 Å². The minimum Gasteiger partial charge on any atom is -0.496 e. The number of hydrogen-bond donors (Lipinski definition) is 1. The Kier molecular flexibility index (Phi) is 7.06. The van der Waals surface area contributed by atoms with Crippen molar-refractivity contribution in [2.75, 3.05) is 21.3 Å². The van der Waals surface area contributed by atoms with Gasteiger partial charge in [-0.25, -0.2) is 4.68 Å². The lowest BCUT2D eigenvalue weighted by Gasteiger charge is -2.18. The number of rotatable bonds is 8. The van der Waals surface area contributed by atoms with Gasteiger partial charge in [0.15, 0.2) is 17.2 Å². The van der Waals surface area contributed by atoms with Crippen LogP contribution in [0.25, 0.3) is 16.8 Å². The Hall–Kier alpha value is -4.26. The summed E-state index contributed by atoms with van der Waals surface area (Å²) in [5, 5.41) is 7.75. The van der Waals surface area contributed by atoms with Crippen molar-refractivity contribution in [3.8, 4) is 34.1 Å². The Morgan fingerprint density at radius 2 is 1.57 bits per heavy atom. The molecule has 180 valence electrons. The van der Waals surface area contributed by atoms with Crippen LogP contribution in [0, 0.1) is 6.92 Å². The number of aromatic nitrogens is 2. The zero-order valence-corrected chi connectivity index (χ0v) is 20.5. The van der Waals surface area contributed by atoms with E-state index in [2.05, 4.69) is 10.4 Å². The number of benzene rings is 3. The fourth-order valence-corrected chi connectivity index (χ4v) is 4.00. The highest BCUT2D eigenvalue weighted by atomic mass is 16.5. The van der Waals surface area contributed by atoms with Gasteiger partial charge < -0.3 is 19.5 Å². The lowest BCUT2D eigenvalue weighted by atomic mass is 10.0. The van der Waals surface area contributed by atoms with Crippen molar-refractivity contribution >= 4 is 5.91 Å². The van der Waals surface area contributed by atoms with Crippen LogP contribution in [-0.4, -0.2) is 37.0 Å². The van der Waals surface area contributed by atoms with Crippen LogP contribution >= 0.6 is 0 Å². The van der Waals surface area contributed by atoms with Crippen LogP contribution in [0.15, 0.2) is 72.9 Å². The average Bonchev–Trinajstić information content (AvgIpc) is 3.34. The second-order valence-electron chi connectivity index (χ2n) is 8.18. The maximum absolute atomic E-state index is 13.5. The molecule has 1 aromatic heterocycles. The maximum atomic E-state index is 13.5. The first-order chi connectivity index (χ1) is 16.9. The molecule has 0 aliphatic heterocycles. The summed E-state index contributed by atoms with van der Waals surface area (Å²) in [5.41, 5.74) is 4.60. The normalized spacial score (nSPS) is 11.6. The third-order valence-corrected chi connectivity index (χ3v) is 5.84. The minimum absolute atomic E-state index is 0.291. The number of nitrogens with zero attached hydrogens (tertiary/aromatic N) is 2. The van der Waals surface area contributed by atoms with E-state index in [0.717, 1.165) is 28.1 Å². The van der Waals surface area contributed by atoms with Gasteiger partial charge in [-0.2, -0.15) is 5.10 Å². The van der Waals surface area contributed by atoms with Crippen molar-refractivity contribution in [1.29, 1.82) is 0 Å². The summed E-state index contributed by atoms with van der Waals surface area (Å²) >= 11 is 0. The summed E-state index contributed by atoms with van der Waals surface area (Å²) in [6.07, 6.45) is 1.85. The molecule has 1 N–H and O–H groups in total. The number of methoxy groups -OCH3 is 3. The summed E-state index contributed by atoms with van der Waals surface area (Å²) in [7, 11) is 4.80. The Morgan fingerprint density at radius 3 is 2.26 bits per heavy atom. The van der Waals surface area contributed by atoms with E-state index in [1.165, 1.54) is 0 Å². The van der Waals surface area contributed by atoms with Crippen molar-refractivity contribution in [2.24, 2.45) is 0 Å². The van der Waals surface area contributed by atoms with Crippen molar-refractivity contribution in [3.05, 3.63) is 89.7 Å². The van der Waals surface area contributed by atoms with Gasteiger partial charge in [0.1, 0.15) is 5.75 Å². The molecule has 7 heteroatoms. The van der Waals surface area contributed by atoms with Crippen LogP contribution in [0.1, 0.15) is 34.6 Å². The van der Waals surface area contributed by atoms with Gasteiger partial charge in [0, 0.05) is 17.3 Å². The molecule has 3 aromatic carbocycles. The molecular formula is C28H29N3O4. The molecule has 0 saturated carbocycles. The Balaban J connectivity index is 1.75. The first-order valence-electron chi connectivity index (χ1n) is 11.3. The highest BCUT2D eigenvalue weighted by Crippen LogP contribution is 2.34. The molecule has 0 fully saturated rings. The molecule has 7 nitrogen and oxygen atoms in total. The number of carbonyl (C=O) groups excluding carboxylic acids is 1. The Labute approximate surface area is 205 Å². The monoisotopic (exact) mass is 471 g/mol. The summed E-state index contributed by atoms with van der Waals surface area (Å²) < 4.78 is 18.1. The smallest absolute Gasteiger partial charge is 0.272 e. The fourth-order valence-electron chi connectivity index (χ4n) is 4.00. The molecule has 35 heavy (non-hydrogen) atoms. The minimum atomic E-state index is -0.294. The Morgan fingerprint density at radius 1 is 0.886 bits per heavy atom. The van der Waals surface area contributed by atoms with Crippen molar-refractivity contribution < 1.29 is 19.0 Å². The second kappa shape index (κ2) is 10.3. The van der Waals surface area contributed by atoms with Gasteiger partial charge in [-0.1, -0.05) is 42.0 Å². The molecule has 1 atom stereocenters. The topological polar surface area (TPSA) is 74.6 Å². The number of nitrogens with one attached hydrogen (secondary N) is 1. The molecule has 1 unspecified atom stereocenters. The van der Waals surface area contributed by atoms with E-state index >= 15 is 0 Å². The SMILES string of the molecule is COc1ccc(-c2cn(-c3ccccc3)nc2C(=O)NC(C)c2cc(C)ccc2OC)cc1OC. The molecule has 1 amide bonds. The van der Waals surface area contributed by atoms with E-state index in [4.69, 9.17) is 14.2 Å². The molecule has 4 rings (SSSR count). The number of amides is 1. The van der Waals surface area contributed by atoms with E-state index < -0.39 is 0 Å². The average molecular weight is 472 g/mol. The zero-order valence-electron chi connectivity index (χ0n) is 20.5. The first kappa shape index (κ1) is 23.9. The van der Waals surface area contributed by atoms with Crippen molar-refractivity contribution in [3.63, 3.8) is 0 Å². The third-order valence-electron chi connectivity index (χ3n) is 5.84. The first-order valence-corrected chi connectivity index (χ1v) is 11.3. The van der Waals surface area contributed by atoms with Crippen LogP contribution in [-0.2, 0) is 0 Å². The lowest BCUT2D eigenvalue weighted by molar-refractivity contribution is 0.0934. The van der Waals surface area contributed by atoms with Gasteiger partial charge in [-0.3, -0.25) is 4.79 Å². The second-order valence-corrected chi connectivity index (χ2v) is 8.18. The summed E-state index contributed by atoms with van der Waals surface area (Å²) in [6, 6.07) is 20.8. The highest BCUT2D eigenvalue weighted by Gasteiger charge is 2.23. The predicted molar refractivity (Wildman–Crippen MR) is 136 cm³/mol. The number of ether oxygens (including phenoxy) is 3. The molecule has 1 heterocycles. The van der Waals surface area contributed by atoms with E-state index in [9.17, 15) is 4.79 Å². The predicted octanol–water partition coefficient (Wildman–Crippen LogP) is 5.36. The van der Waals surface area contributed by atoms with Gasteiger partial charge in [-0.05, 0) is 49.7 Å². The van der Waals surface area contributed by atoms with E-state index in [1.54, 1.807) is 26.0 Å². The van der Waals surface area contributed by atoms with Gasteiger partial charge in [-0.15, -0.1) is 0 Å². The van der Waals surface area contributed by atoms with Crippen LogP contribution < -0.4 is 19.5 Å². The molecular weight excluding hydrogens is 442 g/mol. The number of carbonyl (C=O) groups is 1. The third kappa shape index (κ3) is 4.99. The van der Waals surface area contributed by atoms with Crippen LogP contribution in [0.3, 0.4) is 0 Å². The van der Waals surface area contributed by atoms with Crippen LogP contribution in [0.4, 0.5) is 0 Å². The van der Waals surface area contributed by atoms with E-state index in [0.29, 0.717) is 22.8 Å². The number of aryl methyl sites for hydroxylation is 1. The fraction of sp³-hybridized carbons (Fsp3) is 0.214. The van der Waals surface area contributed by atoms with Gasteiger partial charge in [0.25, 0.3) is 5.91 Å². The molecule has 0 saturated heterocycles. The van der Waals surface area contributed by atoms with Gasteiger partial charge in [0.2, 0.25) is 0 Å². The van der Waals surface area contributed by atoms with Crippen molar-refractivity contribution in [2.45, 2.75) is 19.9 Å². The van der Waals surface area contributed by atoms with Gasteiger partial charge >= 0.3 is 0 Å². The largest absolute Gasteiger partial charge is 0.496 e. The maximum Gasteiger partial charge on any atom is 0.272 e. The molecule has 0 radical (unpaired) electrons.